The molecule has 1 N–H and O–H groups in total. The van der Waals surface area contributed by atoms with Crippen molar-refractivity contribution in [3.63, 3.8) is 0 Å². The van der Waals surface area contributed by atoms with Crippen molar-refractivity contribution in [1.29, 1.82) is 0 Å². The molecule has 1 atom stereocenters. The van der Waals surface area contributed by atoms with Crippen molar-refractivity contribution in [2.24, 2.45) is 5.92 Å². The molecule has 2 nitrogen and oxygen atoms in total. The summed E-state index contributed by atoms with van der Waals surface area (Å²) in [7, 11) is 0. The van der Waals surface area contributed by atoms with Crippen molar-refractivity contribution in [2.75, 3.05) is 0 Å². The normalized spacial score (nSPS) is 13.5. The Balaban J connectivity index is 2.89. The summed E-state index contributed by atoms with van der Waals surface area (Å²) >= 11 is 5.59. The van der Waals surface area contributed by atoms with E-state index in [1.165, 1.54) is 24.3 Å². The lowest BCUT2D eigenvalue weighted by molar-refractivity contribution is -0.193. The highest BCUT2D eigenvalue weighted by Gasteiger charge is 2.44. The summed E-state index contributed by atoms with van der Waals surface area (Å²) < 4.78 is 37.0. The third kappa shape index (κ3) is 3.41. The summed E-state index contributed by atoms with van der Waals surface area (Å²) in [5.74, 6) is -4.28. The van der Waals surface area contributed by atoms with E-state index in [9.17, 15) is 18.0 Å². The molecule has 0 heterocycles. The molecule has 0 aliphatic rings. The molecular weight excluding hydrogens is 245 g/mol. The standard InChI is InChI=1S/C10H8ClF3O2/c11-7-3-1-2-6(4-7)5-8(9(15)16)10(12,13)14/h1-4,8H,5H2,(H,15,16). The third-order valence-electron chi connectivity index (χ3n) is 2.02. The number of hydrogen-bond donors (Lipinski definition) is 1. The Labute approximate surface area is 94.6 Å². The number of aliphatic carboxylic acids is 1. The fourth-order valence-corrected chi connectivity index (χ4v) is 1.46. The van der Waals surface area contributed by atoms with Gasteiger partial charge in [0.1, 0.15) is 0 Å². The van der Waals surface area contributed by atoms with Crippen molar-refractivity contribution in [3.05, 3.63) is 34.9 Å². The van der Waals surface area contributed by atoms with E-state index in [2.05, 4.69) is 0 Å². The molecule has 1 aromatic carbocycles. The predicted molar refractivity (Wildman–Crippen MR) is 52.3 cm³/mol. The predicted octanol–water partition coefficient (Wildman–Crippen LogP) is 3.15. The lowest BCUT2D eigenvalue weighted by Gasteiger charge is -2.15. The van der Waals surface area contributed by atoms with Crippen molar-refractivity contribution in [3.8, 4) is 0 Å². The zero-order chi connectivity index (χ0) is 12.3. The van der Waals surface area contributed by atoms with E-state index in [0.29, 0.717) is 0 Å². The number of benzene rings is 1. The molecule has 0 fully saturated rings. The van der Waals surface area contributed by atoms with Crippen molar-refractivity contribution < 1.29 is 23.1 Å². The molecule has 1 unspecified atom stereocenters. The van der Waals surface area contributed by atoms with E-state index in [1.54, 1.807) is 0 Å². The highest BCUT2D eigenvalue weighted by atomic mass is 35.5. The Morgan fingerprint density at radius 3 is 2.50 bits per heavy atom. The van der Waals surface area contributed by atoms with Crippen LogP contribution in [-0.4, -0.2) is 17.3 Å². The van der Waals surface area contributed by atoms with Crippen molar-refractivity contribution in [2.45, 2.75) is 12.6 Å². The number of rotatable bonds is 3. The average molecular weight is 253 g/mol. The summed E-state index contributed by atoms with van der Waals surface area (Å²) in [6.45, 7) is 0. The topological polar surface area (TPSA) is 37.3 Å². The molecule has 1 rings (SSSR count). The average Bonchev–Trinajstić information content (AvgIpc) is 2.12. The minimum Gasteiger partial charge on any atom is -0.481 e. The molecule has 0 aliphatic heterocycles. The molecule has 0 saturated carbocycles. The molecule has 0 amide bonds. The van der Waals surface area contributed by atoms with E-state index in [1.807, 2.05) is 0 Å². The molecule has 16 heavy (non-hydrogen) atoms. The minimum absolute atomic E-state index is 0.247. The van der Waals surface area contributed by atoms with E-state index in [0.717, 1.165) is 0 Å². The molecule has 6 heteroatoms. The van der Waals surface area contributed by atoms with Gasteiger partial charge in [0, 0.05) is 5.02 Å². The molecular formula is C10H8ClF3O2. The molecule has 0 bridgehead atoms. The fourth-order valence-electron chi connectivity index (χ4n) is 1.24. The molecule has 0 aromatic heterocycles. The zero-order valence-corrected chi connectivity index (χ0v) is 8.72. The van der Waals surface area contributed by atoms with E-state index >= 15 is 0 Å². The van der Waals surface area contributed by atoms with Crippen LogP contribution in [0, 0.1) is 5.92 Å². The molecule has 1 aromatic rings. The van der Waals surface area contributed by atoms with Crippen molar-refractivity contribution >= 4 is 17.6 Å². The van der Waals surface area contributed by atoms with Crippen molar-refractivity contribution in [1.82, 2.24) is 0 Å². The Morgan fingerprint density at radius 1 is 1.44 bits per heavy atom. The maximum atomic E-state index is 12.3. The first kappa shape index (κ1) is 12.8. The Bertz CT molecular complexity index is 390. The monoisotopic (exact) mass is 252 g/mol. The SMILES string of the molecule is O=C(O)C(Cc1cccc(Cl)c1)C(F)(F)F. The van der Waals surface area contributed by atoms with E-state index in [-0.39, 0.29) is 10.6 Å². The summed E-state index contributed by atoms with van der Waals surface area (Å²) in [6.07, 6.45) is -5.37. The fraction of sp³-hybridized carbons (Fsp3) is 0.300. The summed E-state index contributed by atoms with van der Waals surface area (Å²) in [5.41, 5.74) is 0.247. The first-order valence-corrected chi connectivity index (χ1v) is 4.72. The van der Waals surface area contributed by atoms with E-state index in [4.69, 9.17) is 16.7 Å². The lowest BCUT2D eigenvalue weighted by Crippen LogP contribution is -2.32. The van der Waals surface area contributed by atoms with Gasteiger partial charge >= 0.3 is 12.1 Å². The molecule has 0 aliphatic carbocycles. The summed E-state index contributed by atoms with van der Waals surface area (Å²) in [6, 6.07) is 5.72. The zero-order valence-electron chi connectivity index (χ0n) is 7.96. The largest absolute Gasteiger partial charge is 0.481 e. The highest BCUT2D eigenvalue weighted by molar-refractivity contribution is 6.30. The van der Waals surface area contributed by atoms with E-state index < -0.39 is 24.5 Å². The number of carboxylic acid groups (broad SMARTS) is 1. The lowest BCUT2D eigenvalue weighted by atomic mass is 9.99. The Hall–Kier alpha value is -1.23. The van der Waals surface area contributed by atoms with Crippen LogP contribution in [0.4, 0.5) is 13.2 Å². The second kappa shape index (κ2) is 4.74. The van der Waals surface area contributed by atoms with Crippen LogP contribution in [-0.2, 0) is 11.2 Å². The highest BCUT2D eigenvalue weighted by Crippen LogP contribution is 2.29. The molecule has 0 spiro atoms. The number of halogens is 4. The van der Waals surface area contributed by atoms with Crippen LogP contribution >= 0.6 is 11.6 Å². The van der Waals surface area contributed by atoms with Crippen LogP contribution in [0.15, 0.2) is 24.3 Å². The van der Waals surface area contributed by atoms with Crippen LogP contribution in [0.1, 0.15) is 5.56 Å². The molecule has 88 valence electrons. The smallest absolute Gasteiger partial charge is 0.402 e. The second-order valence-corrected chi connectivity index (χ2v) is 3.70. The van der Waals surface area contributed by atoms with Gasteiger partial charge in [-0.2, -0.15) is 13.2 Å². The first-order valence-electron chi connectivity index (χ1n) is 4.34. The van der Waals surface area contributed by atoms with Crippen LogP contribution < -0.4 is 0 Å². The van der Waals surface area contributed by atoms with Crippen LogP contribution in [0.25, 0.3) is 0 Å². The van der Waals surface area contributed by atoms with Crippen LogP contribution in [0.2, 0.25) is 5.02 Å². The van der Waals surface area contributed by atoms with Gasteiger partial charge in [0.15, 0.2) is 5.92 Å². The maximum Gasteiger partial charge on any atom is 0.402 e. The maximum absolute atomic E-state index is 12.3. The number of hydrogen-bond acceptors (Lipinski definition) is 1. The summed E-state index contributed by atoms with van der Waals surface area (Å²) in [5, 5.41) is 8.77. The van der Waals surface area contributed by atoms with Gasteiger partial charge < -0.3 is 5.11 Å². The minimum atomic E-state index is -4.76. The van der Waals surface area contributed by atoms with Gasteiger partial charge in [-0.15, -0.1) is 0 Å². The third-order valence-corrected chi connectivity index (χ3v) is 2.26. The van der Waals surface area contributed by atoms with Gasteiger partial charge in [-0.3, -0.25) is 4.79 Å². The summed E-state index contributed by atoms with van der Waals surface area (Å²) in [4.78, 5) is 10.5. The Kier molecular flexibility index (Phi) is 3.80. The van der Waals surface area contributed by atoms with Gasteiger partial charge in [-0.25, -0.2) is 0 Å². The van der Waals surface area contributed by atoms with Gasteiger partial charge in [0.05, 0.1) is 0 Å². The van der Waals surface area contributed by atoms with Gasteiger partial charge in [0.2, 0.25) is 0 Å². The second-order valence-electron chi connectivity index (χ2n) is 3.27. The molecule has 0 radical (unpaired) electrons. The molecule has 0 saturated heterocycles. The van der Waals surface area contributed by atoms with Crippen LogP contribution in [0.5, 0.6) is 0 Å². The number of alkyl halides is 3. The van der Waals surface area contributed by atoms with Gasteiger partial charge in [0.25, 0.3) is 0 Å². The quantitative estimate of drug-likeness (QED) is 0.897. The first-order chi connectivity index (χ1) is 7.30. The van der Waals surface area contributed by atoms with Gasteiger partial charge in [-0.05, 0) is 24.1 Å². The van der Waals surface area contributed by atoms with Crippen LogP contribution in [0.3, 0.4) is 0 Å². The number of carboxylic acids is 1. The number of carbonyl (C=O) groups is 1. The van der Waals surface area contributed by atoms with Gasteiger partial charge in [-0.1, -0.05) is 23.7 Å². The Morgan fingerprint density at radius 2 is 2.06 bits per heavy atom.